The molecule has 2 N–H and O–H groups in total. The Morgan fingerprint density at radius 1 is 1.78 bits per heavy atom. The van der Waals surface area contributed by atoms with E-state index in [1.54, 1.807) is 0 Å². The van der Waals surface area contributed by atoms with E-state index in [2.05, 4.69) is 20.9 Å². The molecule has 1 heterocycles. The Balaban J connectivity index is 0.000000640. The zero-order valence-corrected chi connectivity index (χ0v) is 7.80. The number of halogens is 2. The van der Waals surface area contributed by atoms with Crippen LogP contribution in [0, 0.1) is 0 Å². The summed E-state index contributed by atoms with van der Waals surface area (Å²) < 4.78 is 4.78. The number of nitrogens with zero attached hydrogens (tertiary/aromatic N) is 1. The molecule has 3 nitrogen and oxygen atoms in total. The van der Waals surface area contributed by atoms with Crippen LogP contribution in [0.4, 0.5) is 0 Å². The molecule has 0 spiro atoms. The van der Waals surface area contributed by atoms with Crippen molar-refractivity contribution in [3.8, 4) is 0 Å². The van der Waals surface area contributed by atoms with E-state index in [1.165, 1.54) is 6.26 Å². The third-order valence-electron chi connectivity index (χ3n) is 0.733. The van der Waals surface area contributed by atoms with Crippen molar-refractivity contribution < 1.29 is 4.42 Å². The van der Waals surface area contributed by atoms with Crippen molar-refractivity contribution in [3.05, 3.63) is 16.8 Å². The highest BCUT2D eigenvalue weighted by atomic mass is 79.9. The monoisotopic (exact) mass is 256 g/mol. The molecule has 0 radical (unpaired) electrons. The summed E-state index contributed by atoms with van der Waals surface area (Å²) in [5.41, 5.74) is 5.98. The summed E-state index contributed by atoms with van der Waals surface area (Å²) in [6.45, 7) is 0.426. The van der Waals surface area contributed by atoms with Crippen molar-refractivity contribution in [2.45, 2.75) is 6.54 Å². The van der Waals surface area contributed by atoms with Gasteiger partial charge >= 0.3 is 0 Å². The first-order valence-corrected chi connectivity index (χ1v) is 2.92. The molecule has 0 atom stereocenters. The molecule has 0 bridgehead atoms. The lowest BCUT2D eigenvalue weighted by atomic mass is 10.5. The number of oxazole rings is 1. The normalized spacial score (nSPS) is 8.67. The molecule has 0 aliphatic heterocycles. The van der Waals surface area contributed by atoms with Crippen molar-refractivity contribution in [1.82, 2.24) is 4.98 Å². The van der Waals surface area contributed by atoms with Crippen LogP contribution in [0.3, 0.4) is 0 Å². The van der Waals surface area contributed by atoms with Gasteiger partial charge in [-0.2, -0.15) is 0 Å². The van der Waals surface area contributed by atoms with E-state index in [0.29, 0.717) is 11.3 Å². The van der Waals surface area contributed by atoms with E-state index >= 15 is 0 Å². The van der Waals surface area contributed by atoms with E-state index in [0.717, 1.165) is 5.69 Å². The lowest BCUT2D eigenvalue weighted by Crippen LogP contribution is -1.95. The molecule has 0 aromatic carbocycles. The maximum atomic E-state index is 5.22. The minimum Gasteiger partial charge on any atom is -0.439 e. The van der Waals surface area contributed by atoms with Crippen molar-refractivity contribution in [3.63, 3.8) is 0 Å². The van der Waals surface area contributed by atoms with Crippen molar-refractivity contribution >= 4 is 32.9 Å². The van der Waals surface area contributed by atoms with Gasteiger partial charge in [0.25, 0.3) is 4.80 Å². The number of hydrogen-bond acceptors (Lipinski definition) is 3. The quantitative estimate of drug-likeness (QED) is 0.829. The van der Waals surface area contributed by atoms with Gasteiger partial charge in [-0.15, -0.1) is 17.0 Å². The molecule has 0 aliphatic rings. The Hall–Kier alpha value is 0.130. The maximum Gasteiger partial charge on any atom is 0.264 e. The van der Waals surface area contributed by atoms with Gasteiger partial charge in [-0.05, 0) is 0 Å². The van der Waals surface area contributed by atoms with Crippen LogP contribution in [0.25, 0.3) is 0 Å². The molecule has 9 heavy (non-hydrogen) atoms. The van der Waals surface area contributed by atoms with Crippen LogP contribution in [0.15, 0.2) is 15.5 Å². The lowest BCUT2D eigenvalue weighted by Gasteiger charge is -1.76. The average Bonchev–Trinajstić information content (AvgIpc) is 2.14. The second-order valence-electron chi connectivity index (χ2n) is 1.30. The van der Waals surface area contributed by atoms with E-state index in [1.807, 2.05) is 0 Å². The van der Waals surface area contributed by atoms with E-state index in [4.69, 9.17) is 10.2 Å². The highest BCUT2D eigenvalue weighted by Gasteiger charge is 1.94. The zero-order chi connectivity index (χ0) is 5.98. The first-order valence-electron chi connectivity index (χ1n) is 2.13. The van der Waals surface area contributed by atoms with Gasteiger partial charge in [0.15, 0.2) is 0 Å². The fourth-order valence-corrected chi connectivity index (χ4v) is 0.697. The van der Waals surface area contributed by atoms with Gasteiger partial charge in [0.2, 0.25) is 0 Å². The van der Waals surface area contributed by atoms with Crippen LogP contribution in [0.1, 0.15) is 5.69 Å². The number of hydrogen-bond donors (Lipinski definition) is 1. The van der Waals surface area contributed by atoms with Crippen LogP contribution < -0.4 is 5.73 Å². The maximum absolute atomic E-state index is 5.22. The molecular weight excluding hydrogens is 252 g/mol. The molecule has 0 amide bonds. The summed E-state index contributed by atoms with van der Waals surface area (Å²) in [4.78, 5) is 4.34. The van der Waals surface area contributed by atoms with Gasteiger partial charge in [0.05, 0.1) is 5.69 Å². The molecule has 1 aromatic heterocycles. The van der Waals surface area contributed by atoms with Gasteiger partial charge in [-0.25, -0.2) is 4.98 Å². The van der Waals surface area contributed by atoms with Gasteiger partial charge < -0.3 is 10.2 Å². The Morgan fingerprint density at radius 2 is 2.44 bits per heavy atom. The molecule has 1 rings (SSSR count). The first-order chi connectivity index (χ1) is 3.83. The second-order valence-corrected chi connectivity index (χ2v) is 1.97. The van der Waals surface area contributed by atoms with Gasteiger partial charge in [-0.3, -0.25) is 0 Å². The van der Waals surface area contributed by atoms with Crippen molar-refractivity contribution in [2.75, 3.05) is 0 Å². The van der Waals surface area contributed by atoms with Crippen LogP contribution in [0.5, 0.6) is 0 Å². The molecule has 1 aromatic rings. The molecule has 0 saturated carbocycles. The zero-order valence-electron chi connectivity index (χ0n) is 4.50. The van der Waals surface area contributed by atoms with Gasteiger partial charge in [0, 0.05) is 22.5 Å². The Morgan fingerprint density at radius 3 is 2.67 bits per heavy atom. The van der Waals surface area contributed by atoms with Crippen LogP contribution >= 0.6 is 32.9 Å². The molecule has 0 aliphatic carbocycles. The summed E-state index contributed by atoms with van der Waals surface area (Å²) in [7, 11) is 0. The fraction of sp³-hybridized carbons (Fsp3) is 0.250. The average molecular weight is 258 g/mol. The minimum absolute atomic E-state index is 0. The van der Waals surface area contributed by atoms with Crippen molar-refractivity contribution in [1.29, 1.82) is 0 Å². The number of nitrogens with two attached hydrogens (primary N) is 1. The summed E-state index contributed by atoms with van der Waals surface area (Å²) in [5.74, 6) is 0. The standard InChI is InChI=1S/C4H5BrN2O.BrH/c5-4-7-3(1-6)2-8-4;/h2H,1,6H2;1H. The van der Waals surface area contributed by atoms with Gasteiger partial charge in [0.1, 0.15) is 6.26 Å². The summed E-state index contributed by atoms with van der Waals surface area (Å²) in [5, 5.41) is 0. The third kappa shape index (κ3) is 2.47. The predicted octanol–water partition coefficient (Wildman–Crippen LogP) is 1.47. The largest absolute Gasteiger partial charge is 0.439 e. The molecule has 0 fully saturated rings. The Bertz CT molecular complexity index is 177. The van der Waals surface area contributed by atoms with Gasteiger partial charge in [-0.1, -0.05) is 0 Å². The molecule has 0 saturated heterocycles. The number of aromatic nitrogens is 1. The lowest BCUT2D eigenvalue weighted by molar-refractivity contribution is 0.528. The first kappa shape index (κ1) is 9.13. The summed E-state index contributed by atoms with van der Waals surface area (Å²) in [6.07, 6.45) is 1.52. The van der Waals surface area contributed by atoms with Crippen LogP contribution in [-0.4, -0.2) is 4.98 Å². The fourth-order valence-electron chi connectivity index (χ4n) is 0.376. The van der Waals surface area contributed by atoms with Crippen molar-refractivity contribution in [2.24, 2.45) is 5.73 Å². The number of rotatable bonds is 1. The molecule has 5 heteroatoms. The minimum atomic E-state index is 0. The van der Waals surface area contributed by atoms with E-state index < -0.39 is 0 Å². The van der Waals surface area contributed by atoms with E-state index in [-0.39, 0.29) is 17.0 Å². The predicted molar refractivity (Wildman–Crippen MR) is 42.4 cm³/mol. The Kier molecular flexibility index (Phi) is 4.09. The Labute approximate surface area is 71.5 Å². The third-order valence-corrected chi connectivity index (χ3v) is 1.10. The smallest absolute Gasteiger partial charge is 0.264 e. The van der Waals surface area contributed by atoms with E-state index in [9.17, 15) is 0 Å². The second kappa shape index (κ2) is 4.03. The summed E-state index contributed by atoms with van der Waals surface area (Å²) in [6, 6.07) is 0. The van der Waals surface area contributed by atoms with Crippen LogP contribution in [-0.2, 0) is 6.54 Å². The molecular formula is C4H6Br2N2O. The summed E-state index contributed by atoms with van der Waals surface area (Å²) >= 11 is 3.04. The molecule has 52 valence electrons. The van der Waals surface area contributed by atoms with Crippen LogP contribution in [0.2, 0.25) is 0 Å². The highest BCUT2D eigenvalue weighted by molar-refractivity contribution is 9.10. The molecule has 0 unspecified atom stereocenters. The SMILES string of the molecule is Br.NCc1coc(Br)n1. The highest BCUT2D eigenvalue weighted by Crippen LogP contribution is 2.06. The topological polar surface area (TPSA) is 52.0 Å².